The molecule has 3 aromatic rings. The van der Waals surface area contributed by atoms with Gasteiger partial charge in [0.25, 0.3) is 5.91 Å². The van der Waals surface area contributed by atoms with Gasteiger partial charge >= 0.3 is 0 Å². The lowest BCUT2D eigenvalue weighted by atomic mass is 10.0. The lowest BCUT2D eigenvalue weighted by molar-refractivity contribution is 0.0955. The molecule has 3 rings (SSSR count). The molecule has 2 aromatic heterocycles. The number of nitrogens with zero attached hydrogens (tertiary/aromatic N) is 3. The van der Waals surface area contributed by atoms with Crippen molar-refractivity contribution in [1.82, 2.24) is 20.1 Å². The van der Waals surface area contributed by atoms with Crippen molar-refractivity contribution in [2.75, 3.05) is 6.54 Å². The summed E-state index contributed by atoms with van der Waals surface area (Å²) in [5.74, 6) is -0.0618. The lowest BCUT2D eigenvalue weighted by Gasteiger charge is -2.09. The Hall–Kier alpha value is -2.69. The Kier molecular flexibility index (Phi) is 4.10. The number of carbonyl (C=O) groups excluding carboxylic acids is 1. The molecule has 0 fully saturated rings. The molecule has 0 bridgehead atoms. The van der Waals surface area contributed by atoms with Gasteiger partial charge in [0.05, 0.1) is 22.5 Å². The predicted molar refractivity (Wildman–Crippen MR) is 91.3 cm³/mol. The number of pyridine rings is 1. The predicted octanol–water partition coefficient (Wildman–Crippen LogP) is 3.08. The first-order valence-electron chi connectivity index (χ1n) is 7.78. The van der Waals surface area contributed by atoms with Crippen LogP contribution in [0.25, 0.3) is 22.2 Å². The van der Waals surface area contributed by atoms with Gasteiger partial charge in [0.15, 0.2) is 0 Å². The van der Waals surface area contributed by atoms with Crippen molar-refractivity contribution >= 4 is 16.8 Å². The zero-order chi connectivity index (χ0) is 16.4. The number of hydrogen-bond donors (Lipinski definition) is 1. The van der Waals surface area contributed by atoms with E-state index in [1.165, 1.54) is 0 Å². The third kappa shape index (κ3) is 2.95. The minimum Gasteiger partial charge on any atom is -0.352 e. The fraction of sp³-hybridized carbons (Fsp3) is 0.278. The summed E-state index contributed by atoms with van der Waals surface area (Å²) in [5, 5.41) is 8.19. The van der Waals surface area contributed by atoms with Crippen molar-refractivity contribution in [2.24, 2.45) is 7.05 Å². The summed E-state index contributed by atoms with van der Waals surface area (Å²) in [7, 11) is 1.88. The Morgan fingerprint density at radius 3 is 2.78 bits per heavy atom. The van der Waals surface area contributed by atoms with Crippen LogP contribution in [-0.2, 0) is 7.05 Å². The van der Waals surface area contributed by atoms with Crippen molar-refractivity contribution in [2.45, 2.75) is 20.3 Å². The highest BCUT2D eigenvalue weighted by atomic mass is 16.1. The molecule has 1 amide bonds. The SMILES string of the molecule is CCCNC(=O)c1cc(-c2cn(C)nc2C)nc2ccccc12. The lowest BCUT2D eigenvalue weighted by Crippen LogP contribution is -2.24. The van der Waals surface area contributed by atoms with E-state index < -0.39 is 0 Å². The van der Waals surface area contributed by atoms with Crippen LogP contribution in [0.3, 0.4) is 0 Å². The number of amides is 1. The summed E-state index contributed by atoms with van der Waals surface area (Å²) in [6.07, 6.45) is 2.84. The maximum absolute atomic E-state index is 12.5. The zero-order valence-corrected chi connectivity index (χ0v) is 13.6. The van der Waals surface area contributed by atoms with E-state index >= 15 is 0 Å². The molecule has 0 saturated heterocycles. The molecule has 1 N–H and O–H groups in total. The number of aryl methyl sites for hydroxylation is 2. The number of fused-ring (bicyclic) bond motifs is 1. The fourth-order valence-electron chi connectivity index (χ4n) is 2.69. The molecule has 0 saturated carbocycles. The van der Waals surface area contributed by atoms with Gasteiger partial charge in [0, 0.05) is 30.7 Å². The minimum absolute atomic E-state index is 0.0618. The molecule has 0 spiro atoms. The van der Waals surface area contributed by atoms with Gasteiger partial charge in [-0.25, -0.2) is 4.98 Å². The molecular formula is C18H20N4O. The first kappa shape index (κ1) is 15.2. The van der Waals surface area contributed by atoms with Crippen molar-refractivity contribution in [1.29, 1.82) is 0 Å². The highest BCUT2D eigenvalue weighted by Gasteiger charge is 2.15. The molecule has 0 atom stereocenters. The van der Waals surface area contributed by atoms with Crippen molar-refractivity contribution in [3.8, 4) is 11.3 Å². The molecule has 118 valence electrons. The van der Waals surface area contributed by atoms with E-state index in [0.717, 1.165) is 34.3 Å². The Morgan fingerprint density at radius 2 is 2.09 bits per heavy atom. The Morgan fingerprint density at radius 1 is 1.30 bits per heavy atom. The molecule has 5 heteroatoms. The van der Waals surface area contributed by atoms with Crippen molar-refractivity contribution in [3.63, 3.8) is 0 Å². The number of nitrogens with one attached hydrogen (secondary N) is 1. The highest BCUT2D eigenvalue weighted by molar-refractivity contribution is 6.07. The largest absolute Gasteiger partial charge is 0.352 e. The van der Waals surface area contributed by atoms with Crippen molar-refractivity contribution in [3.05, 3.63) is 47.8 Å². The summed E-state index contributed by atoms with van der Waals surface area (Å²) in [6, 6.07) is 9.58. The van der Waals surface area contributed by atoms with Crippen LogP contribution >= 0.6 is 0 Å². The van der Waals surface area contributed by atoms with Gasteiger partial charge in [0.2, 0.25) is 0 Å². The molecule has 0 aliphatic heterocycles. The van der Waals surface area contributed by atoms with Gasteiger partial charge in [-0.3, -0.25) is 9.48 Å². The summed E-state index contributed by atoms with van der Waals surface area (Å²) in [6.45, 7) is 4.65. The number of benzene rings is 1. The second-order valence-electron chi connectivity index (χ2n) is 5.63. The third-order valence-electron chi connectivity index (χ3n) is 3.79. The van der Waals surface area contributed by atoms with Gasteiger partial charge in [-0.05, 0) is 25.5 Å². The average Bonchev–Trinajstić information content (AvgIpc) is 2.90. The van der Waals surface area contributed by atoms with Crippen LogP contribution in [0, 0.1) is 6.92 Å². The van der Waals surface area contributed by atoms with Crippen LogP contribution < -0.4 is 5.32 Å². The molecule has 0 radical (unpaired) electrons. The molecule has 5 nitrogen and oxygen atoms in total. The van der Waals surface area contributed by atoms with Crippen LogP contribution in [0.4, 0.5) is 0 Å². The van der Waals surface area contributed by atoms with Gasteiger partial charge in [-0.1, -0.05) is 25.1 Å². The van der Waals surface area contributed by atoms with Gasteiger partial charge in [-0.2, -0.15) is 5.10 Å². The van der Waals surface area contributed by atoms with Gasteiger partial charge in [-0.15, -0.1) is 0 Å². The summed E-state index contributed by atoms with van der Waals surface area (Å²) in [5.41, 5.74) is 4.09. The van der Waals surface area contributed by atoms with Crippen LogP contribution in [-0.4, -0.2) is 27.2 Å². The molecule has 2 heterocycles. The standard InChI is InChI=1S/C18H20N4O/c1-4-9-19-18(23)14-10-17(15-11-22(3)21-12(15)2)20-16-8-6-5-7-13(14)16/h5-8,10-11H,4,9H2,1-3H3,(H,19,23). The summed E-state index contributed by atoms with van der Waals surface area (Å²) in [4.78, 5) is 17.2. The molecule has 0 unspecified atom stereocenters. The topological polar surface area (TPSA) is 59.8 Å². The Bertz CT molecular complexity index is 867. The zero-order valence-electron chi connectivity index (χ0n) is 13.6. The minimum atomic E-state index is -0.0618. The average molecular weight is 308 g/mol. The van der Waals surface area contributed by atoms with Crippen LogP contribution in [0.15, 0.2) is 36.5 Å². The monoisotopic (exact) mass is 308 g/mol. The second-order valence-corrected chi connectivity index (χ2v) is 5.63. The number of aromatic nitrogens is 3. The maximum atomic E-state index is 12.5. The van der Waals surface area contributed by atoms with E-state index in [-0.39, 0.29) is 5.91 Å². The fourth-order valence-corrected chi connectivity index (χ4v) is 2.69. The molecule has 23 heavy (non-hydrogen) atoms. The van der Waals surface area contributed by atoms with Gasteiger partial charge < -0.3 is 5.32 Å². The summed E-state index contributed by atoms with van der Waals surface area (Å²) < 4.78 is 1.76. The second kappa shape index (κ2) is 6.20. The third-order valence-corrected chi connectivity index (χ3v) is 3.79. The molecular weight excluding hydrogens is 288 g/mol. The number of hydrogen-bond acceptors (Lipinski definition) is 3. The van der Waals surface area contributed by atoms with E-state index in [9.17, 15) is 4.79 Å². The molecule has 1 aromatic carbocycles. The summed E-state index contributed by atoms with van der Waals surface area (Å²) >= 11 is 0. The Balaban J connectivity index is 2.17. The van der Waals surface area contributed by atoms with E-state index in [1.807, 2.05) is 57.4 Å². The van der Waals surface area contributed by atoms with Crippen LogP contribution in [0.5, 0.6) is 0 Å². The van der Waals surface area contributed by atoms with Gasteiger partial charge in [0.1, 0.15) is 0 Å². The van der Waals surface area contributed by atoms with E-state index in [2.05, 4.69) is 10.4 Å². The van der Waals surface area contributed by atoms with Crippen molar-refractivity contribution < 1.29 is 4.79 Å². The molecule has 0 aliphatic carbocycles. The number of rotatable bonds is 4. The Labute approximate surface area is 135 Å². The quantitative estimate of drug-likeness (QED) is 0.805. The maximum Gasteiger partial charge on any atom is 0.252 e. The number of carbonyl (C=O) groups is 1. The van der Waals surface area contributed by atoms with Crippen LogP contribution in [0.1, 0.15) is 29.4 Å². The van der Waals surface area contributed by atoms with E-state index in [0.29, 0.717) is 12.1 Å². The van der Waals surface area contributed by atoms with E-state index in [4.69, 9.17) is 4.98 Å². The first-order chi connectivity index (χ1) is 11.1. The smallest absolute Gasteiger partial charge is 0.252 e. The normalized spacial score (nSPS) is 10.9. The highest BCUT2D eigenvalue weighted by Crippen LogP contribution is 2.26. The number of para-hydroxylation sites is 1. The first-order valence-corrected chi connectivity index (χ1v) is 7.78. The van der Waals surface area contributed by atoms with E-state index in [1.54, 1.807) is 4.68 Å². The molecule has 0 aliphatic rings. The van der Waals surface area contributed by atoms with Crippen LogP contribution in [0.2, 0.25) is 0 Å².